The first-order valence-electron chi connectivity index (χ1n) is 9.61. The zero-order valence-electron chi connectivity index (χ0n) is 17.6. The molecule has 0 unspecified atom stereocenters. The zero-order chi connectivity index (χ0) is 23.0. The summed E-state index contributed by atoms with van der Waals surface area (Å²) in [6.45, 7) is -0.0325. The first-order valence-corrected chi connectivity index (χ1v) is 12.0. The second-order valence-corrected chi connectivity index (χ2v) is 9.06. The third kappa shape index (κ3) is 6.64. The lowest BCUT2D eigenvalue weighted by atomic mass is 10.1. The van der Waals surface area contributed by atoms with Crippen LogP contribution in [0.25, 0.3) is 17.3 Å². The predicted octanol–water partition coefficient (Wildman–Crippen LogP) is 3.75. The van der Waals surface area contributed by atoms with Crippen LogP contribution in [0.1, 0.15) is 12.0 Å². The monoisotopic (exact) mass is 473 g/mol. The minimum atomic E-state index is -3.64. The van der Waals surface area contributed by atoms with Gasteiger partial charge in [0, 0.05) is 29.3 Å². The number of ether oxygens (including phenoxy) is 2. The number of rotatable bonds is 10. The molecule has 3 aromatic rings. The van der Waals surface area contributed by atoms with Crippen molar-refractivity contribution in [2.45, 2.75) is 6.42 Å². The molecule has 0 fully saturated rings. The van der Waals surface area contributed by atoms with E-state index in [1.807, 2.05) is 18.2 Å². The molecule has 0 spiro atoms. The average molecular weight is 474 g/mol. The molecule has 32 heavy (non-hydrogen) atoms. The molecule has 0 atom stereocenters. The van der Waals surface area contributed by atoms with Gasteiger partial charge in [0.15, 0.2) is 5.13 Å². The second-order valence-electron chi connectivity index (χ2n) is 6.56. The smallest absolute Gasteiger partial charge is 0.233 e. The van der Waals surface area contributed by atoms with Crippen LogP contribution in [0.5, 0.6) is 11.5 Å². The molecule has 1 amide bonds. The molecule has 0 saturated carbocycles. The van der Waals surface area contributed by atoms with Crippen LogP contribution in [0.2, 0.25) is 0 Å². The lowest BCUT2D eigenvalue weighted by Crippen LogP contribution is -2.26. The van der Waals surface area contributed by atoms with Gasteiger partial charge in [0.05, 0.1) is 19.9 Å². The van der Waals surface area contributed by atoms with Crippen molar-refractivity contribution in [3.63, 3.8) is 0 Å². The highest BCUT2D eigenvalue weighted by Crippen LogP contribution is 2.35. The largest absolute Gasteiger partial charge is 0.497 e. The van der Waals surface area contributed by atoms with Crippen LogP contribution >= 0.6 is 11.3 Å². The molecule has 1 aromatic heterocycles. The van der Waals surface area contributed by atoms with Gasteiger partial charge in [-0.05, 0) is 29.8 Å². The molecule has 3 rings (SSSR count). The number of nitrogens with one attached hydrogen (secondary N) is 2. The van der Waals surface area contributed by atoms with Crippen LogP contribution < -0.4 is 19.5 Å². The van der Waals surface area contributed by atoms with Crippen LogP contribution in [-0.4, -0.2) is 40.1 Å². The molecule has 10 heteroatoms. The van der Waals surface area contributed by atoms with Gasteiger partial charge in [0.2, 0.25) is 15.9 Å². The number of carbonyl (C=O) groups is 1. The minimum Gasteiger partial charge on any atom is -0.497 e. The molecule has 8 nitrogen and oxygen atoms in total. The highest BCUT2D eigenvalue weighted by Gasteiger charge is 2.13. The Morgan fingerprint density at radius 3 is 2.62 bits per heavy atom. The fourth-order valence-electron chi connectivity index (χ4n) is 2.74. The summed E-state index contributed by atoms with van der Waals surface area (Å²) in [5, 5.41) is 5.96. The first-order chi connectivity index (χ1) is 15.4. The minimum absolute atomic E-state index is 0.0319. The fourth-order valence-corrected chi connectivity index (χ4v) is 4.28. The van der Waals surface area contributed by atoms with Crippen LogP contribution in [0, 0.1) is 0 Å². The fraction of sp³-hybridized carbons (Fsp3) is 0.182. The molecule has 0 saturated heterocycles. The van der Waals surface area contributed by atoms with Gasteiger partial charge in [0.1, 0.15) is 11.5 Å². The summed E-state index contributed by atoms with van der Waals surface area (Å²) in [5.74, 6) is 0.943. The Bertz CT molecular complexity index is 1190. The summed E-state index contributed by atoms with van der Waals surface area (Å²) < 4.78 is 37.1. The van der Waals surface area contributed by atoms with Crippen LogP contribution in [-0.2, 0) is 14.8 Å². The van der Waals surface area contributed by atoms with Gasteiger partial charge in [-0.2, -0.15) is 0 Å². The van der Waals surface area contributed by atoms with Crippen molar-refractivity contribution in [2.75, 3.05) is 26.1 Å². The topological polar surface area (TPSA) is 107 Å². The van der Waals surface area contributed by atoms with E-state index in [1.54, 1.807) is 49.9 Å². The maximum Gasteiger partial charge on any atom is 0.233 e. The Balaban J connectivity index is 1.54. The number of hydrogen-bond acceptors (Lipinski definition) is 7. The third-order valence-electron chi connectivity index (χ3n) is 4.33. The maximum absolute atomic E-state index is 12.2. The number of hydrogen-bond donors (Lipinski definition) is 2. The van der Waals surface area contributed by atoms with E-state index in [0.29, 0.717) is 22.3 Å². The quantitative estimate of drug-likeness (QED) is 0.465. The van der Waals surface area contributed by atoms with Crippen molar-refractivity contribution >= 4 is 38.5 Å². The van der Waals surface area contributed by atoms with Crippen molar-refractivity contribution in [2.24, 2.45) is 0 Å². The van der Waals surface area contributed by atoms with Crippen LogP contribution in [0.15, 0.2) is 59.3 Å². The van der Waals surface area contributed by atoms with Gasteiger partial charge >= 0.3 is 0 Å². The zero-order valence-corrected chi connectivity index (χ0v) is 19.2. The van der Waals surface area contributed by atoms with Crippen LogP contribution in [0.3, 0.4) is 0 Å². The van der Waals surface area contributed by atoms with E-state index in [2.05, 4.69) is 15.0 Å². The number of amides is 1. The molecule has 2 N–H and O–H groups in total. The number of methoxy groups -OCH3 is 2. The van der Waals surface area contributed by atoms with E-state index in [9.17, 15) is 13.2 Å². The van der Waals surface area contributed by atoms with Gasteiger partial charge < -0.3 is 14.8 Å². The Labute approximate surface area is 191 Å². The highest BCUT2D eigenvalue weighted by atomic mass is 32.2. The van der Waals surface area contributed by atoms with E-state index >= 15 is 0 Å². The van der Waals surface area contributed by atoms with Gasteiger partial charge in [-0.3, -0.25) is 4.79 Å². The Morgan fingerprint density at radius 1 is 1.12 bits per heavy atom. The van der Waals surface area contributed by atoms with Gasteiger partial charge in [-0.1, -0.05) is 30.3 Å². The summed E-state index contributed by atoms with van der Waals surface area (Å²) in [7, 11) is -0.505. The molecule has 168 valence electrons. The predicted molar refractivity (Wildman–Crippen MR) is 126 cm³/mol. The number of benzene rings is 2. The Morgan fingerprint density at radius 2 is 1.91 bits per heavy atom. The molecular formula is C22H23N3O5S2. The van der Waals surface area contributed by atoms with Gasteiger partial charge in [-0.15, -0.1) is 11.3 Å². The molecule has 0 bridgehead atoms. The Kier molecular flexibility index (Phi) is 7.98. The van der Waals surface area contributed by atoms with Gasteiger partial charge in [-0.25, -0.2) is 18.1 Å². The van der Waals surface area contributed by atoms with E-state index in [0.717, 1.165) is 16.5 Å². The first kappa shape index (κ1) is 23.5. The number of anilines is 1. The molecule has 2 aromatic carbocycles. The normalized spacial score (nSPS) is 11.4. The van der Waals surface area contributed by atoms with Crippen molar-refractivity contribution < 1.29 is 22.7 Å². The number of aromatic nitrogens is 1. The summed E-state index contributed by atoms with van der Waals surface area (Å²) in [6.07, 6.45) is 1.46. The standard InChI is InChI=1S/C22H23N3O5S2/c1-29-17-8-9-20(30-2)18(14-17)19-15-31-22(24-19)25-21(26)10-12-23-32(27,28)13-11-16-6-4-3-5-7-16/h3-9,11,13-15,23H,10,12H2,1-2H3,(H,24,25,26)/b13-11+. The number of carbonyl (C=O) groups excluding carboxylic acids is 1. The summed E-state index contributed by atoms with van der Waals surface area (Å²) >= 11 is 1.26. The average Bonchev–Trinajstić information content (AvgIpc) is 3.26. The van der Waals surface area contributed by atoms with Crippen molar-refractivity contribution in [1.82, 2.24) is 9.71 Å². The SMILES string of the molecule is COc1ccc(OC)c(-c2csc(NC(=O)CCNS(=O)(=O)/C=C/c3ccccc3)n2)c1. The maximum atomic E-state index is 12.2. The van der Waals surface area contributed by atoms with E-state index in [1.165, 1.54) is 17.4 Å². The van der Waals surface area contributed by atoms with Gasteiger partial charge in [0.25, 0.3) is 0 Å². The van der Waals surface area contributed by atoms with Crippen LogP contribution in [0.4, 0.5) is 5.13 Å². The molecular weight excluding hydrogens is 450 g/mol. The lowest BCUT2D eigenvalue weighted by Gasteiger charge is -2.08. The highest BCUT2D eigenvalue weighted by molar-refractivity contribution is 7.92. The van der Waals surface area contributed by atoms with E-state index in [-0.39, 0.29) is 18.9 Å². The molecule has 0 aliphatic carbocycles. The van der Waals surface area contributed by atoms with Crippen molar-refractivity contribution in [3.8, 4) is 22.8 Å². The van der Waals surface area contributed by atoms with Crippen molar-refractivity contribution in [1.29, 1.82) is 0 Å². The number of sulfonamides is 1. The molecule has 0 aliphatic rings. The summed E-state index contributed by atoms with van der Waals surface area (Å²) in [5.41, 5.74) is 2.14. The summed E-state index contributed by atoms with van der Waals surface area (Å²) in [6, 6.07) is 14.4. The van der Waals surface area contributed by atoms with E-state index in [4.69, 9.17) is 9.47 Å². The summed E-state index contributed by atoms with van der Waals surface area (Å²) in [4.78, 5) is 16.6. The number of nitrogens with zero attached hydrogens (tertiary/aromatic N) is 1. The number of thiazole rings is 1. The molecule has 0 radical (unpaired) electrons. The van der Waals surface area contributed by atoms with Crippen molar-refractivity contribution in [3.05, 3.63) is 64.9 Å². The molecule has 1 heterocycles. The van der Waals surface area contributed by atoms with E-state index < -0.39 is 10.0 Å². The Hall–Kier alpha value is -3.21. The third-order valence-corrected chi connectivity index (χ3v) is 6.19. The lowest BCUT2D eigenvalue weighted by molar-refractivity contribution is -0.116. The molecule has 0 aliphatic heterocycles. The second kappa shape index (κ2) is 10.9.